The van der Waals surface area contributed by atoms with E-state index in [0.717, 1.165) is 10.2 Å². The first-order chi connectivity index (χ1) is 11.1. The van der Waals surface area contributed by atoms with E-state index in [9.17, 15) is 4.79 Å². The Kier molecular flexibility index (Phi) is 4.66. The van der Waals surface area contributed by atoms with Crippen LogP contribution >= 0.6 is 34.5 Å². The quantitative estimate of drug-likeness (QED) is 0.607. The lowest BCUT2D eigenvalue weighted by Crippen LogP contribution is -2.16. The fraction of sp³-hybridized carbons (Fsp3) is 0.0588. The van der Waals surface area contributed by atoms with E-state index >= 15 is 0 Å². The SMILES string of the molecule is C=CCn1c(=NC(=O)c2ccc(Cl)cc2)sc2cc(Cl)ccc21. The summed E-state index contributed by atoms with van der Waals surface area (Å²) in [4.78, 5) is 17.2. The highest BCUT2D eigenvalue weighted by Crippen LogP contribution is 2.22. The van der Waals surface area contributed by atoms with Crippen LogP contribution in [0.25, 0.3) is 10.2 Å². The maximum absolute atomic E-state index is 12.4. The average molecular weight is 363 g/mol. The van der Waals surface area contributed by atoms with E-state index < -0.39 is 0 Å². The van der Waals surface area contributed by atoms with E-state index in [2.05, 4.69) is 11.6 Å². The Morgan fingerprint density at radius 2 is 1.87 bits per heavy atom. The first-order valence-electron chi connectivity index (χ1n) is 6.83. The Morgan fingerprint density at radius 1 is 1.17 bits per heavy atom. The van der Waals surface area contributed by atoms with Gasteiger partial charge in [-0.05, 0) is 42.5 Å². The predicted octanol–water partition coefficient (Wildman–Crippen LogP) is 4.94. The van der Waals surface area contributed by atoms with Crippen LogP contribution in [0.4, 0.5) is 0 Å². The van der Waals surface area contributed by atoms with Crippen molar-refractivity contribution in [1.82, 2.24) is 4.57 Å². The molecule has 23 heavy (non-hydrogen) atoms. The minimum absolute atomic E-state index is 0.308. The molecule has 0 fully saturated rings. The second-order valence-corrected chi connectivity index (χ2v) is 6.70. The average Bonchev–Trinajstić information content (AvgIpc) is 2.85. The predicted molar refractivity (Wildman–Crippen MR) is 96.4 cm³/mol. The molecule has 0 saturated carbocycles. The topological polar surface area (TPSA) is 34.4 Å². The number of allylic oxidation sites excluding steroid dienone is 1. The minimum Gasteiger partial charge on any atom is -0.312 e. The molecule has 0 spiro atoms. The van der Waals surface area contributed by atoms with E-state index in [1.165, 1.54) is 11.3 Å². The highest BCUT2D eigenvalue weighted by Gasteiger charge is 2.09. The molecule has 2 aromatic carbocycles. The number of halogens is 2. The van der Waals surface area contributed by atoms with Crippen molar-refractivity contribution >= 4 is 50.7 Å². The molecule has 0 radical (unpaired) electrons. The number of benzene rings is 2. The van der Waals surface area contributed by atoms with Crippen molar-refractivity contribution in [3.8, 4) is 0 Å². The fourth-order valence-electron chi connectivity index (χ4n) is 2.18. The lowest BCUT2D eigenvalue weighted by molar-refractivity contribution is 0.0998. The van der Waals surface area contributed by atoms with Gasteiger partial charge in [-0.25, -0.2) is 0 Å². The molecule has 0 aliphatic carbocycles. The van der Waals surface area contributed by atoms with Gasteiger partial charge in [0.25, 0.3) is 5.91 Å². The molecule has 3 rings (SSSR count). The van der Waals surface area contributed by atoms with Gasteiger partial charge in [-0.15, -0.1) is 6.58 Å². The number of carbonyl (C=O) groups is 1. The van der Waals surface area contributed by atoms with Crippen molar-refractivity contribution in [1.29, 1.82) is 0 Å². The first kappa shape index (κ1) is 16.0. The van der Waals surface area contributed by atoms with Gasteiger partial charge < -0.3 is 4.57 Å². The maximum Gasteiger partial charge on any atom is 0.279 e. The summed E-state index contributed by atoms with van der Waals surface area (Å²) in [5.74, 6) is -0.308. The number of nitrogens with zero attached hydrogens (tertiary/aromatic N) is 2. The number of fused-ring (bicyclic) bond motifs is 1. The van der Waals surface area contributed by atoms with Crippen molar-refractivity contribution in [2.24, 2.45) is 4.99 Å². The van der Waals surface area contributed by atoms with E-state index in [1.807, 2.05) is 22.8 Å². The summed E-state index contributed by atoms with van der Waals surface area (Å²) in [5, 5.41) is 1.24. The molecule has 6 heteroatoms. The van der Waals surface area contributed by atoms with Crippen molar-refractivity contribution < 1.29 is 4.79 Å². The largest absolute Gasteiger partial charge is 0.312 e. The highest BCUT2D eigenvalue weighted by molar-refractivity contribution is 7.16. The summed E-state index contributed by atoms with van der Waals surface area (Å²) in [6.07, 6.45) is 1.77. The monoisotopic (exact) mass is 362 g/mol. The van der Waals surface area contributed by atoms with E-state index in [1.54, 1.807) is 30.3 Å². The minimum atomic E-state index is -0.308. The van der Waals surface area contributed by atoms with Crippen LogP contribution in [-0.2, 0) is 6.54 Å². The van der Waals surface area contributed by atoms with Gasteiger partial charge in [-0.2, -0.15) is 4.99 Å². The second-order valence-electron chi connectivity index (χ2n) is 4.82. The molecule has 0 saturated heterocycles. The Balaban J connectivity index is 2.13. The number of hydrogen-bond acceptors (Lipinski definition) is 2. The zero-order chi connectivity index (χ0) is 16.4. The Bertz CT molecular complexity index is 955. The summed E-state index contributed by atoms with van der Waals surface area (Å²) in [5.41, 5.74) is 1.47. The number of rotatable bonds is 3. The number of carbonyl (C=O) groups excluding carboxylic acids is 1. The molecular weight excluding hydrogens is 351 g/mol. The third-order valence-electron chi connectivity index (χ3n) is 3.24. The number of aromatic nitrogens is 1. The van der Waals surface area contributed by atoms with Gasteiger partial charge >= 0.3 is 0 Å². The van der Waals surface area contributed by atoms with Crippen molar-refractivity contribution in [3.63, 3.8) is 0 Å². The lowest BCUT2D eigenvalue weighted by Gasteiger charge is -2.01. The summed E-state index contributed by atoms with van der Waals surface area (Å²) in [6, 6.07) is 12.3. The molecule has 3 nitrogen and oxygen atoms in total. The van der Waals surface area contributed by atoms with Gasteiger partial charge in [-0.3, -0.25) is 4.79 Å². The van der Waals surface area contributed by atoms with Crippen LogP contribution in [0.5, 0.6) is 0 Å². The Morgan fingerprint density at radius 3 is 2.57 bits per heavy atom. The summed E-state index contributed by atoms with van der Waals surface area (Å²) < 4.78 is 2.92. The second kappa shape index (κ2) is 6.71. The van der Waals surface area contributed by atoms with Crippen LogP contribution < -0.4 is 4.80 Å². The summed E-state index contributed by atoms with van der Waals surface area (Å²) in [7, 11) is 0. The molecule has 1 amide bonds. The zero-order valence-corrected chi connectivity index (χ0v) is 14.3. The van der Waals surface area contributed by atoms with Crippen molar-refractivity contribution in [2.45, 2.75) is 6.54 Å². The highest BCUT2D eigenvalue weighted by atomic mass is 35.5. The summed E-state index contributed by atoms with van der Waals surface area (Å²) in [6.45, 7) is 4.33. The molecule has 0 bridgehead atoms. The van der Waals surface area contributed by atoms with Crippen LogP contribution in [-0.4, -0.2) is 10.5 Å². The number of hydrogen-bond donors (Lipinski definition) is 0. The van der Waals surface area contributed by atoms with Crippen LogP contribution in [0.15, 0.2) is 60.1 Å². The zero-order valence-electron chi connectivity index (χ0n) is 12.0. The third-order valence-corrected chi connectivity index (χ3v) is 4.77. The number of amides is 1. The molecule has 0 unspecified atom stereocenters. The van der Waals surface area contributed by atoms with Gasteiger partial charge in [0.2, 0.25) is 0 Å². The summed E-state index contributed by atoms with van der Waals surface area (Å²) >= 11 is 13.3. The fourth-order valence-corrected chi connectivity index (χ4v) is 3.62. The normalized spacial score (nSPS) is 11.8. The standard InChI is InChI=1S/C17H12Cl2N2OS/c1-2-9-21-14-8-7-13(19)10-15(14)23-17(21)20-16(22)11-3-5-12(18)6-4-11/h2-8,10H,1,9H2. The van der Waals surface area contributed by atoms with Gasteiger partial charge in [0.15, 0.2) is 4.80 Å². The van der Waals surface area contributed by atoms with E-state index in [0.29, 0.717) is 27.0 Å². The molecule has 116 valence electrons. The molecule has 1 aromatic heterocycles. The molecular formula is C17H12Cl2N2OS. The molecule has 0 N–H and O–H groups in total. The van der Waals surface area contributed by atoms with Gasteiger partial charge in [0, 0.05) is 22.2 Å². The van der Waals surface area contributed by atoms with Gasteiger partial charge in [-0.1, -0.05) is 40.6 Å². The van der Waals surface area contributed by atoms with Crippen molar-refractivity contribution in [3.05, 3.63) is 75.5 Å². The van der Waals surface area contributed by atoms with Crippen molar-refractivity contribution in [2.75, 3.05) is 0 Å². The third kappa shape index (κ3) is 3.39. The maximum atomic E-state index is 12.4. The van der Waals surface area contributed by atoms with Crippen LogP contribution in [0.3, 0.4) is 0 Å². The molecule has 0 aliphatic rings. The molecule has 0 atom stereocenters. The number of thiazole rings is 1. The van der Waals surface area contributed by atoms with Crippen LogP contribution in [0.1, 0.15) is 10.4 Å². The lowest BCUT2D eigenvalue weighted by atomic mass is 10.2. The van der Waals surface area contributed by atoms with E-state index in [-0.39, 0.29) is 5.91 Å². The Labute approximate surface area is 147 Å². The molecule has 3 aromatic rings. The van der Waals surface area contributed by atoms with Crippen LogP contribution in [0.2, 0.25) is 10.0 Å². The first-order valence-corrected chi connectivity index (χ1v) is 8.40. The van der Waals surface area contributed by atoms with Crippen LogP contribution in [0, 0.1) is 0 Å². The molecule has 0 aliphatic heterocycles. The van der Waals surface area contributed by atoms with Gasteiger partial charge in [0.1, 0.15) is 0 Å². The van der Waals surface area contributed by atoms with Gasteiger partial charge in [0.05, 0.1) is 10.2 Å². The Hall–Kier alpha value is -1.88. The smallest absolute Gasteiger partial charge is 0.279 e. The van der Waals surface area contributed by atoms with E-state index in [4.69, 9.17) is 23.2 Å². The molecule has 1 heterocycles.